The summed E-state index contributed by atoms with van der Waals surface area (Å²) in [6.45, 7) is 0. The molecule has 31 heavy (non-hydrogen) atoms. The van der Waals surface area contributed by atoms with E-state index in [1.54, 1.807) is 12.1 Å². The number of ketones is 1. The van der Waals surface area contributed by atoms with Crippen LogP contribution >= 0.6 is 34.8 Å². The molecule has 0 unspecified atom stereocenters. The molecule has 3 aromatic rings. The van der Waals surface area contributed by atoms with Crippen molar-refractivity contribution < 1.29 is 4.79 Å². The first-order valence-corrected chi connectivity index (χ1v) is 11.2. The lowest BCUT2D eigenvalue weighted by Crippen LogP contribution is -2.27. The zero-order valence-electron chi connectivity index (χ0n) is 16.5. The molecule has 0 bridgehead atoms. The molecule has 0 saturated carbocycles. The van der Waals surface area contributed by atoms with Gasteiger partial charge in [-0.25, -0.2) is 0 Å². The highest BCUT2D eigenvalue weighted by Gasteiger charge is 2.36. The Labute approximate surface area is 196 Å². The van der Waals surface area contributed by atoms with Gasteiger partial charge in [0.25, 0.3) is 0 Å². The van der Waals surface area contributed by atoms with Gasteiger partial charge in [0, 0.05) is 32.8 Å². The fraction of sp³-hybridized carbons (Fsp3) is 0.160. The molecule has 2 aliphatic rings. The first kappa shape index (κ1) is 20.4. The van der Waals surface area contributed by atoms with E-state index in [9.17, 15) is 4.79 Å². The molecular formula is C25H19Cl3N2O. The third kappa shape index (κ3) is 3.94. The molecule has 3 nitrogen and oxygen atoms in total. The van der Waals surface area contributed by atoms with Gasteiger partial charge in [-0.3, -0.25) is 4.79 Å². The summed E-state index contributed by atoms with van der Waals surface area (Å²) in [4.78, 5) is 13.5. The lowest BCUT2D eigenvalue weighted by Gasteiger charge is -2.30. The van der Waals surface area contributed by atoms with Gasteiger partial charge in [0.2, 0.25) is 0 Å². The van der Waals surface area contributed by atoms with E-state index < -0.39 is 0 Å². The standard InChI is InChI=1S/C25H19Cl3N2O/c26-16-7-5-14(6-8-16)15-11-22-24(23(31)12-15)25(18-10-9-17(27)13-19(18)28)30-21-4-2-1-3-20(21)29-22/h1-10,13,15,25,29-30H,11-12H2/t15-,25+/m0/s1. The quantitative estimate of drug-likeness (QED) is 0.405. The molecule has 1 aliphatic carbocycles. The number of Topliss-reactive ketones (excluding diaryl/α,β-unsaturated/α-hetero) is 1. The number of benzene rings is 3. The van der Waals surface area contributed by atoms with Crippen LogP contribution in [0.2, 0.25) is 15.1 Å². The number of anilines is 2. The average molecular weight is 470 g/mol. The highest BCUT2D eigenvalue weighted by molar-refractivity contribution is 6.35. The molecule has 0 amide bonds. The molecule has 0 fully saturated rings. The lowest BCUT2D eigenvalue weighted by molar-refractivity contribution is -0.116. The summed E-state index contributed by atoms with van der Waals surface area (Å²) in [5, 5.41) is 8.86. The number of allylic oxidation sites excluding steroid dienone is 1. The van der Waals surface area contributed by atoms with Crippen LogP contribution in [0.1, 0.15) is 35.9 Å². The maximum Gasteiger partial charge on any atom is 0.163 e. The Morgan fingerprint density at radius 1 is 0.806 bits per heavy atom. The van der Waals surface area contributed by atoms with Gasteiger partial charge in [0.1, 0.15) is 0 Å². The molecule has 0 spiro atoms. The third-order valence-electron chi connectivity index (χ3n) is 5.92. The van der Waals surface area contributed by atoms with E-state index in [4.69, 9.17) is 34.8 Å². The second-order valence-electron chi connectivity index (χ2n) is 7.89. The summed E-state index contributed by atoms with van der Waals surface area (Å²) in [6, 6.07) is 20.7. The number of halogens is 3. The molecule has 1 aliphatic heterocycles. The topological polar surface area (TPSA) is 41.1 Å². The molecule has 156 valence electrons. The predicted octanol–water partition coefficient (Wildman–Crippen LogP) is 7.63. The second kappa shape index (κ2) is 8.23. The van der Waals surface area contributed by atoms with Crippen molar-refractivity contribution in [2.24, 2.45) is 0 Å². The van der Waals surface area contributed by atoms with Crippen LogP contribution in [0.4, 0.5) is 11.4 Å². The van der Waals surface area contributed by atoms with Crippen LogP contribution < -0.4 is 10.6 Å². The zero-order chi connectivity index (χ0) is 21.5. The molecule has 1 heterocycles. The number of hydrogen-bond acceptors (Lipinski definition) is 3. The van der Waals surface area contributed by atoms with Crippen molar-refractivity contribution in [1.29, 1.82) is 0 Å². The molecule has 2 N–H and O–H groups in total. The minimum absolute atomic E-state index is 0.0858. The molecule has 6 heteroatoms. The summed E-state index contributed by atoms with van der Waals surface area (Å²) in [5.74, 6) is 0.188. The van der Waals surface area contributed by atoms with Crippen molar-refractivity contribution in [3.8, 4) is 0 Å². The van der Waals surface area contributed by atoms with Crippen LogP contribution in [0.3, 0.4) is 0 Å². The summed E-state index contributed by atoms with van der Waals surface area (Å²) in [7, 11) is 0. The SMILES string of the molecule is O=C1C[C@@H](c2ccc(Cl)cc2)CC2=C1[C@@H](c1ccc(Cl)cc1Cl)Nc1ccccc1N2. The van der Waals surface area contributed by atoms with Crippen LogP contribution in [0.25, 0.3) is 0 Å². The molecular weight excluding hydrogens is 451 g/mol. The summed E-state index contributed by atoms with van der Waals surface area (Å²) in [6.07, 6.45) is 1.16. The fourth-order valence-corrected chi connectivity index (χ4v) is 5.08. The predicted molar refractivity (Wildman–Crippen MR) is 128 cm³/mol. The summed E-state index contributed by atoms with van der Waals surface area (Å²) in [5.41, 5.74) is 5.44. The van der Waals surface area contributed by atoms with E-state index in [1.807, 2.05) is 54.6 Å². The summed E-state index contributed by atoms with van der Waals surface area (Å²) >= 11 is 18.8. The first-order valence-electron chi connectivity index (χ1n) is 10.1. The van der Waals surface area contributed by atoms with Gasteiger partial charge in [-0.2, -0.15) is 0 Å². The van der Waals surface area contributed by atoms with Gasteiger partial charge in [0.15, 0.2) is 5.78 Å². The Hall–Kier alpha value is -2.46. The largest absolute Gasteiger partial charge is 0.372 e. The first-order chi connectivity index (χ1) is 15.0. The van der Waals surface area contributed by atoms with Crippen LogP contribution in [0, 0.1) is 0 Å². The van der Waals surface area contributed by atoms with E-state index >= 15 is 0 Å². The van der Waals surface area contributed by atoms with Crippen molar-refractivity contribution in [3.05, 3.63) is 104 Å². The molecule has 0 aromatic heterocycles. The second-order valence-corrected chi connectivity index (χ2v) is 9.17. The Balaban J connectivity index is 1.62. The normalized spacial score (nSPS) is 20.3. The van der Waals surface area contributed by atoms with Crippen LogP contribution in [0.15, 0.2) is 78.0 Å². The lowest BCUT2D eigenvalue weighted by atomic mass is 9.78. The highest BCUT2D eigenvalue weighted by Crippen LogP contribution is 2.45. The Kier molecular flexibility index (Phi) is 5.43. The third-order valence-corrected chi connectivity index (χ3v) is 6.74. The molecule has 0 saturated heterocycles. The van der Waals surface area contributed by atoms with E-state index in [1.165, 1.54) is 0 Å². The highest BCUT2D eigenvalue weighted by atomic mass is 35.5. The maximum absolute atomic E-state index is 13.5. The van der Waals surface area contributed by atoms with E-state index in [0.29, 0.717) is 21.5 Å². The van der Waals surface area contributed by atoms with E-state index in [-0.39, 0.29) is 17.7 Å². The van der Waals surface area contributed by atoms with Crippen molar-refractivity contribution in [1.82, 2.24) is 0 Å². The van der Waals surface area contributed by atoms with E-state index in [2.05, 4.69) is 10.6 Å². The minimum atomic E-state index is -0.366. The van der Waals surface area contributed by atoms with Crippen molar-refractivity contribution in [3.63, 3.8) is 0 Å². The monoisotopic (exact) mass is 468 g/mol. The van der Waals surface area contributed by atoms with Gasteiger partial charge < -0.3 is 10.6 Å². The van der Waals surface area contributed by atoms with Crippen LogP contribution in [-0.2, 0) is 4.79 Å². The molecule has 3 aromatic carbocycles. The van der Waals surface area contributed by atoms with Crippen molar-refractivity contribution in [2.75, 3.05) is 10.6 Å². The zero-order valence-corrected chi connectivity index (χ0v) is 18.7. The summed E-state index contributed by atoms with van der Waals surface area (Å²) < 4.78 is 0. The average Bonchev–Trinajstić information content (AvgIpc) is 2.91. The van der Waals surface area contributed by atoms with Crippen LogP contribution in [0.5, 0.6) is 0 Å². The van der Waals surface area contributed by atoms with Gasteiger partial charge in [0.05, 0.1) is 17.4 Å². The Morgan fingerprint density at radius 3 is 2.26 bits per heavy atom. The van der Waals surface area contributed by atoms with Crippen molar-refractivity contribution in [2.45, 2.75) is 24.8 Å². The number of para-hydroxylation sites is 2. The van der Waals surface area contributed by atoms with Gasteiger partial charge in [-0.15, -0.1) is 0 Å². The van der Waals surface area contributed by atoms with Gasteiger partial charge in [-0.05, 0) is 59.9 Å². The smallest absolute Gasteiger partial charge is 0.163 e. The molecule has 5 rings (SSSR count). The number of carbonyl (C=O) groups is 1. The van der Waals surface area contributed by atoms with Crippen LogP contribution in [-0.4, -0.2) is 5.78 Å². The maximum atomic E-state index is 13.5. The van der Waals surface area contributed by atoms with Gasteiger partial charge >= 0.3 is 0 Å². The number of fused-ring (bicyclic) bond motifs is 1. The van der Waals surface area contributed by atoms with Gasteiger partial charge in [-0.1, -0.05) is 65.1 Å². The number of carbonyl (C=O) groups excluding carboxylic acids is 1. The number of rotatable bonds is 2. The van der Waals surface area contributed by atoms with E-state index in [0.717, 1.165) is 40.2 Å². The van der Waals surface area contributed by atoms with Crippen molar-refractivity contribution >= 4 is 52.0 Å². The Morgan fingerprint density at radius 2 is 1.52 bits per heavy atom. The molecule has 2 atom stereocenters. The minimum Gasteiger partial charge on any atom is -0.372 e. The number of nitrogens with one attached hydrogen (secondary N) is 2. The molecule has 0 radical (unpaired) electrons. The fourth-order valence-electron chi connectivity index (χ4n) is 4.43. The number of hydrogen-bond donors (Lipinski definition) is 2. The Bertz CT molecular complexity index is 1200.